The van der Waals surface area contributed by atoms with E-state index < -0.39 is 5.97 Å². The van der Waals surface area contributed by atoms with Crippen LogP contribution in [-0.4, -0.2) is 42.7 Å². The molecule has 0 aliphatic heterocycles. The van der Waals surface area contributed by atoms with Gasteiger partial charge in [-0.15, -0.1) is 0 Å². The zero-order chi connectivity index (χ0) is 10.5. The van der Waals surface area contributed by atoms with Crippen LogP contribution in [0.25, 0.3) is 0 Å². The molecule has 0 aliphatic rings. The summed E-state index contributed by atoms with van der Waals surface area (Å²) in [5.74, 6) is -0.393. The average Bonchev–Trinajstić information content (AvgIpc) is 2.00. The van der Waals surface area contributed by atoms with Crippen LogP contribution >= 0.6 is 0 Å². The van der Waals surface area contributed by atoms with Crippen molar-refractivity contribution in [2.24, 2.45) is 5.92 Å². The number of hydrogen-bond acceptors (Lipinski definition) is 1. The quantitative estimate of drug-likeness (QED) is 0.643. The lowest BCUT2D eigenvalue weighted by Gasteiger charge is -2.29. The zero-order valence-electron chi connectivity index (χ0n) is 9.21. The van der Waals surface area contributed by atoms with Gasteiger partial charge in [-0.3, -0.25) is 4.79 Å². The largest absolute Gasteiger partial charge is 0.481 e. The van der Waals surface area contributed by atoms with E-state index >= 15 is 0 Å². The van der Waals surface area contributed by atoms with E-state index in [2.05, 4.69) is 21.0 Å². The van der Waals surface area contributed by atoms with Crippen LogP contribution in [0.1, 0.15) is 26.7 Å². The third-order valence-corrected chi connectivity index (χ3v) is 2.61. The standard InChI is InChI=1S/C10H21NO2/c1-5-11(3,4)7-6-9(2)8-10(12)13/h9H,5-8H2,1-4H3/p+1/t9-/m0/s1. The minimum absolute atomic E-state index is 0.293. The van der Waals surface area contributed by atoms with Crippen LogP contribution in [0.3, 0.4) is 0 Å². The molecule has 0 unspecified atom stereocenters. The van der Waals surface area contributed by atoms with Crippen LogP contribution < -0.4 is 0 Å². The first-order valence-corrected chi connectivity index (χ1v) is 4.91. The molecule has 0 spiro atoms. The summed E-state index contributed by atoms with van der Waals surface area (Å²) in [5.41, 5.74) is 0. The maximum absolute atomic E-state index is 10.4. The van der Waals surface area contributed by atoms with Crippen molar-refractivity contribution in [3.8, 4) is 0 Å². The first-order chi connectivity index (χ1) is 5.87. The van der Waals surface area contributed by atoms with Gasteiger partial charge in [0, 0.05) is 6.42 Å². The molecule has 1 atom stereocenters. The smallest absolute Gasteiger partial charge is 0.303 e. The number of nitrogens with zero attached hydrogens (tertiary/aromatic N) is 1. The first-order valence-electron chi connectivity index (χ1n) is 4.91. The molecule has 0 saturated heterocycles. The minimum Gasteiger partial charge on any atom is -0.481 e. The van der Waals surface area contributed by atoms with Gasteiger partial charge in [-0.05, 0) is 19.3 Å². The third-order valence-electron chi connectivity index (χ3n) is 2.61. The molecule has 0 fully saturated rings. The van der Waals surface area contributed by atoms with E-state index in [1.807, 2.05) is 6.92 Å². The topological polar surface area (TPSA) is 37.3 Å². The summed E-state index contributed by atoms with van der Waals surface area (Å²) >= 11 is 0. The Labute approximate surface area is 80.9 Å². The Hall–Kier alpha value is -0.570. The molecule has 0 saturated carbocycles. The normalized spacial score (nSPS) is 14.2. The van der Waals surface area contributed by atoms with Crippen LogP contribution in [0.15, 0.2) is 0 Å². The molecular formula is C10H22NO2+. The Balaban J connectivity index is 3.69. The van der Waals surface area contributed by atoms with Crippen molar-refractivity contribution >= 4 is 5.97 Å². The molecule has 0 bridgehead atoms. The van der Waals surface area contributed by atoms with Gasteiger partial charge in [-0.25, -0.2) is 0 Å². The molecule has 0 aromatic rings. The fourth-order valence-electron chi connectivity index (χ4n) is 1.13. The predicted molar refractivity (Wildman–Crippen MR) is 53.6 cm³/mol. The van der Waals surface area contributed by atoms with E-state index in [1.54, 1.807) is 0 Å². The molecule has 0 radical (unpaired) electrons. The number of carbonyl (C=O) groups is 1. The van der Waals surface area contributed by atoms with Gasteiger partial charge in [-0.1, -0.05) is 6.92 Å². The Morgan fingerprint density at radius 1 is 1.46 bits per heavy atom. The van der Waals surface area contributed by atoms with Gasteiger partial charge in [0.15, 0.2) is 0 Å². The molecule has 0 aliphatic carbocycles. The summed E-state index contributed by atoms with van der Waals surface area (Å²) in [6, 6.07) is 0. The molecular weight excluding hydrogens is 166 g/mol. The lowest BCUT2D eigenvalue weighted by Crippen LogP contribution is -2.40. The fraction of sp³-hybridized carbons (Fsp3) is 0.900. The second-order valence-corrected chi connectivity index (χ2v) is 4.47. The lowest BCUT2D eigenvalue weighted by atomic mass is 10.0. The maximum atomic E-state index is 10.4. The molecule has 0 rings (SSSR count). The number of quaternary nitrogens is 1. The van der Waals surface area contributed by atoms with E-state index in [1.165, 1.54) is 0 Å². The molecule has 13 heavy (non-hydrogen) atoms. The molecule has 3 heteroatoms. The van der Waals surface area contributed by atoms with Crippen LogP contribution in [0.4, 0.5) is 0 Å². The predicted octanol–water partition coefficient (Wildman–Crippen LogP) is 1.58. The zero-order valence-corrected chi connectivity index (χ0v) is 9.21. The van der Waals surface area contributed by atoms with Crippen molar-refractivity contribution in [2.75, 3.05) is 27.2 Å². The van der Waals surface area contributed by atoms with Gasteiger partial charge in [0.25, 0.3) is 0 Å². The fourth-order valence-corrected chi connectivity index (χ4v) is 1.13. The van der Waals surface area contributed by atoms with Gasteiger partial charge >= 0.3 is 5.97 Å². The van der Waals surface area contributed by atoms with E-state index in [-0.39, 0.29) is 0 Å². The number of carboxylic acid groups (broad SMARTS) is 1. The lowest BCUT2D eigenvalue weighted by molar-refractivity contribution is -0.889. The summed E-state index contributed by atoms with van der Waals surface area (Å²) < 4.78 is 0.976. The molecule has 0 heterocycles. The average molecular weight is 188 g/mol. The van der Waals surface area contributed by atoms with Gasteiger partial charge in [0.1, 0.15) is 0 Å². The molecule has 0 aromatic heterocycles. The van der Waals surface area contributed by atoms with Crippen LogP contribution in [0, 0.1) is 5.92 Å². The van der Waals surface area contributed by atoms with Gasteiger partial charge < -0.3 is 9.59 Å². The monoisotopic (exact) mass is 188 g/mol. The van der Waals surface area contributed by atoms with Crippen molar-refractivity contribution in [3.63, 3.8) is 0 Å². The van der Waals surface area contributed by atoms with Gasteiger partial charge in [0.05, 0.1) is 27.2 Å². The van der Waals surface area contributed by atoms with Crippen molar-refractivity contribution in [3.05, 3.63) is 0 Å². The summed E-state index contributed by atoms with van der Waals surface area (Å²) in [4.78, 5) is 10.4. The van der Waals surface area contributed by atoms with Crippen molar-refractivity contribution in [2.45, 2.75) is 26.7 Å². The second kappa shape index (κ2) is 5.22. The Bertz CT molecular complexity index is 166. The number of rotatable bonds is 6. The summed E-state index contributed by atoms with van der Waals surface area (Å²) in [6.45, 7) is 6.32. The maximum Gasteiger partial charge on any atom is 0.303 e. The number of carboxylic acids is 1. The van der Waals surface area contributed by atoms with E-state index in [9.17, 15) is 4.79 Å². The number of aliphatic carboxylic acids is 1. The molecule has 1 N–H and O–H groups in total. The summed E-state index contributed by atoms with van der Waals surface area (Å²) in [7, 11) is 4.35. The summed E-state index contributed by atoms with van der Waals surface area (Å²) in [6.07, 6.45) is 1.29. The highest BCUT2D eigenvalue weighted by Gasteiger charge is 2.15. The third kappa shape index (κ3) is 6.58. The van der Waals surface area contributed by atoms with Crippen molar-refractivity contribution < 1.29 is 14.4 Å². The van der Waals surface area contributed by atoms with Crippen LogP contribution in [0.2, 0.25) is 0 Å². The molecule has 0 amide bonds. The van der Waals surface area contributed by atoms with Crippen LogP contribution in [-0.2, 0) is 4.79 Å². The highest BCUT2D eigenvalue weighted by molar-refractivity contribution is 5.66. The number of hydrogen-bond donors (Lipinski definition) is 1. The molecule has 3 nitrogen and oxygen atoms in total. The van der Waals surface area contributed by atoms with E-state index in [0.29, 0.717) is 12.3 Å². The van der Waals surface area contributed by atoms with E-state index in [0.717, 1.165) is 24.0 Å². The molecule has 0 aromatic carbocycles. The van der Waals surface area contributed by atoms with Gasteiger partial charge in [-0.2, -0.15) is 0 Å². The Morgan fingerprint density at radius 2 is 2.00 bits per heavy atom. The van der Waals surface area contributed by atoms with Crippen LogP contribution in [0.5, 0.6) is 0 Å². The van der Waals surface area contributed by atoms with Crippen molar-refractivity contribution in [1.29, 1.82) is 0 Å². The SMILES string of the molecule is CC[N+](C)(C)CC[C@H](C)CC(=O)O. The van der Waals surface area contributed by atoms with Gasteiger partial charge in [0.2, 0.25) is 0 Å². The minimum atomic E-state index is -0.686. The first kappa shape index (κ1) is 12.4. The highest BCUT2D eigenvalue weighted by atomic mass is 16.4. The van der Waals surface area contributed by atoms with Crippen molar-refractivity contribution in [1.82, 2.24) is 0 Å². The summed E-state index contributed by atoms with van der Waals surface area (Å²) in [5, 5.41) is 8.57. The second-order valence-electron chi connectivity index (χ2n) is 4.47. The Kier molecular flexibility index (Phi) is 4.99. The van der Waals surface area contributed by atoms with E-state index in [4.69, 9.17) is 5.11 Å². The Morgan fingerprint density at radius 3 is 2.38 bits per heavy atom. The molecule has 78 valence electrons. The highest BCUT2D eigenvalue weighted by Crippen LogP contribution is 2.10.